The number of hydrogen-bond acceptors (Lipinski definition) is 4. The molecule has 0 N–H and O–H groups in total. The van der Waals surface area contributed by atoms with Gasteiger partial charge in [0.25, 0.3) is 0 Å². The SMILES string of the molecule is CC.CC(C)c1cnc(N2CCOCC2)cn1. The van der Waals surface area contributed by atoms with Gasteiger partial charge in [0.2, 0.25) is 0 Å². The van der Waals surface area contributed by atoms with Crippen LogP contribution in [0, 0.1) is 0 Å². The number of nitrogens with zero attached hydrogens (tertiary/aromatic N) is 3. The lowest BCUT2D eigenvalue weighted by Crippen LogP contribution is -2.36. The van der Waals surface area contributed by atoms with Gasteiger partial charge in [-0.05, 0) is 5.92 Å². The molecule has 0 aliphatic carbocycles. The van der Waals surface area contributed by atoms with Crippen molar-refractivity contribution < 1.29 is 4.74 Å². The van der Waals surface area contributed by atoms with Gasteiger partial charge in [-0.3, -0.25) is 4.98 Å². The number of rotatable bonds is 2. The van der Waals surface area contributed by atoms with E-state index < -0.39 is 0 Å². The summed E-state index contributed by atoms with van der Waals surface area (Å²) < 4.78 is 5.29. The standard InChI is InChI=1S/C11H17N3O.C2H6/c1-9(2)10-7-13-11(8-12-10)14-3-5-15-6-4-14;1-2/h7-9H,3-6H2,1-2H3;1-2H3. The average Bonchev–Trinajstić information content (AvgIpc) is 2.42. The van der Waals surface area contributed by atoms with Gasteiger partial charge < -0.3 is 9.64 Å². The number of ether oxygens (including phenoxy) is 1. The smallest absolute Gasteiger partial charge is 0.147 e. The average molecular weight is 237 g/mol. The Balaban J connectivity index is 0.000000686. The van der Waals surface area contributed by atoms with Crippen LogP contribution in [0.2, 0.25) is 0 Å². The van der Waals surface area contributed by atoms with Crippen LogP contribution in [0.15, 0.2) is 12.4 Å². The monoisotopic (exact) mass is 237 g/mol. The van der Waals surface area contributed by atoms with Gasteiger partial charge in [0.05, 0.1) is 31.3 Å². The fourth-order valence-electron chi connectivity index (χ4n) is 1.59. The molecule has 1 aromatic rings. The van der Waals surface area contributed by atoms with Gasteiger partial charge in [0.1, 0.15) is 5.82 Å². The Bertz CT molecular complexity index is 305. The Hall–Kier alpha value is -1.16. The first-order valence-corrected chi connectivity index (χ1v) is 6.42. The summed E-state index contributed by atoms with van der Waals surface area (Å²) in [5, 5.41) is 0. The van der Waals surface area contributed by atoms with Crippen LogP contribution < -0.4 is 4.90 Å². The zero-order chi connectivity index (χ0) is 12.7. The van der Waals surface area contributed by atoms with Crippen LogP contribution in [0.4, 0.5) is 5.82 Å². The normalized spacial score (nSPS) is 15.5. The molecular weight excluding hydrogens is 214 g/mol. The summed E-state index contributed by atoms with van der Waals surface area (Å²) in [4.78, 5) is 11.0. The molecule has 1 aliphatic heterocycles. The summed E-state index contributed by atoms with van der Waals surface area (Å²) in [6.45, 7) is 11.6. The van der Waals surface area contributed by atoms with E-state index in [0.717, 1.165) is 37.8 Å². The van der Waals surface area contributed by atoms with Crippen LogP contribution in [0.25, 0.3) is 0 Å². The molecule has 0 unspecified atom stereocenters. The highest BCUT2D eigenvalue weighted by atomic mass is 16.5. The summed E-state index contributed by atoms with van der Waals surface area (Å²) in [5.41, 5.74) is 1.05. The maximum atomic E-state index is 5.29. The third-order valence-electron chi connectivity index (χ3n) is 2.58. The minimum atomic E-state index is 0.441. The van der Waals surface area contributed by atoms with Crippen molar-refractivity contribution in [1.82, 2.24) is 9.97 Å². The number of aromatic nitrogens is 2. The molecular formula is C13H23N3O. The van der Waals surface area contributed by atoms with Crippen molar-refractivity contribution in [2.45, 2.75) is 33.6 Å². The quantitative estimate of drug-likeness (QED) is 0.792. The van der Waals surface area contributed by atoms with E-state index in [1.54, 1.807) is 0 Å². The maximum absolute atomic E-state index is 5.29. The Kier molecular flexibility index (Phi) is 5.91. The van der Waals surface area contributed by atoms with Crippen molar-refractivity contribution in [3.63, 3.8) is 0 Å². The molecule has 1 aromatic heterocycles. The topological polar surface area (TPSA) is 38.2 Å². The predicted molar refractivity (Wildman–Crippen MR) is 70.5 cm³/mol. The van der Waals surface area contributed by atoms with Gasteiger partial charge >= 0.3 is 0 Å². The highest BCUT2D eigenvalue weighted by Crippen LogP contribution is 2.14. The largest absolute Gasteiger partial charge is 0.378 e. The van der Waals surface area contributed by atoms with Crippen LogP contribution in [0.3, 0.4) is 0 Å². The summed E-state index contributed by atoms with van der Waals surface area (Å²) in [7, 11) is 0. The number of morpholine rings is 1. The Morgan fingerprint density at radius 1 is 1.12 bits per heavy atom. The molecule has 4 heteroatoms. The Morgan fingerprint density at radius 2 is 1.76 bits per heavy atom. The second-order valence-corrected chi connectivity index (χ2v) is 4.05. The van der Waals surface area contributed by atoms with Crippen molar-refractivity contribution in [1.29, 1.82) is 0 Å². The van der Waals surface area contributed by atoms with Crippen molar-refractivity contribution in [2.24, 2.45) is 0 Å². The van der Waals surface area contributed by atoms with Gasteiger partial charge in [-0.15, -0.1) is 0 Å². The molecule has 0 saturated carbocycles. The molecule has 0 spiro atoms. The molecule has 0 radical (unpaired) electrons. The van der Waals surface area contributed by atoms with Crippen LogP contribution in [-0.2, 0) is 4.74 Å². The van der Waals surface area contributed by atoms with E-state index in [4.69, 9.17) is 4.74 Å². The second-order valence-electron chi connectivity index (χ2n) is 4.05. The zero-order valence-corrected chi connectivity index (χ0v) is 11.3. The summed E-state index contributed by atoms with van der Waals surface area (Å²) >= 11 is 0. The minimum Gasteiger partial charge on any atom is -0.378 e. The predicted octanol–water partition coefficient (Wildman–Crippen LogP) is 2.46. The lowest BCUT2D eigenvalue weighted by molar-refractivity contribution is 0.122. The molecule has 0 aromatic carbocycles. The van der Waals surface area contributed by atoms with Gasteiger partial charge in [0.15, 0.2) is 0 Å². The van der Waals surface area contributed by atoms with E-state index >= 15 is 0 Å². The first-order valence-electron chi connectivity index (χ1n) is 6.42. The van der Waals surface area contributed by atoms with Gasteiger partial charge in [0, 0.05) is 13.1 Å². The Morgan fingerprint density at radius 3 is 2.24 bits per heavy atom. The number of anilines is 1. The van der Waals surface area contributed by atoms with E-state index in [2.05, 4.69) is 28.7 Å². The summed E-state index contributed by atoms with van der Waals surface area (Å²) in [6, 6.07) is 0. The minimum absolute atomic E-state index is 0.441. The molecule has 0 amide bonds. The van der Waals surface area contributed by atoms with Crippen molar-refractivity contribution in [2.75, 3.05) is 31.2 Å². The van der Waals surface area contributed by atoms with Gasteiger partial charge in [-0.1, -0.05) is 27.7 Å². The van der Waals surface area contributed by atoms with Crippen LogP contribution in [0.1, 0.15) is 39.3 Å². The first kappa shape index (κ1) is 13.9. The lowest BCUT2D eigenvalue weighted by Gasteiger charge is -2.27. The molecule has 2 heterocycles. The third kappa shape index (κ3) is 3.97. The van der Waals surface area contributed by atoms with E-state index in [1.165, 1.54) is 0 Å². The summed E-state index contributed by atoms with van der Waals surface area (Å²) in [6.07, 6.45) is 3.73. The zero-order valence-electron chi connectivity index (χ0n) is 11.3. The molecule has 0 atom stereocenters. The molecule has 1 fully saturated rings. The molecule has 96 valence electrons. The second kappa shape index (κ2) is 7.22. The highest BCUT2D eigenvalue weighted by Gasteiger charge is 2.12. The molecule has 2 rings (SSSR count). The molecule has 17 heavy (non-hydrogen) atoms. The lowest BCUT2D eigenvalue weighted by atomic mass is 10.1. The molecule has 1 saturated heterocycles. The third-order valence-corrected chi connectivity index (χ3v) is 2.58. The molecule has 4 nitrogen and oxygen atoms in total. The van der Waals surface area contributed by atoms with Gasteiger partial charge in [-0.2, -0.15) is 0 Å². The van der Waals surface area contributed by atoms with Crippen LogP contribution in [-0.4, -0.2) is 36.3 Å². The van der Waals surface area contributed by atoms with E-state index in [9.17, 15) is 0 Å². The fraction of sp³-hybridized carbons (Fsp3) is 0.692. The van der Waals surface area contributed by atoms with Crippen molar-refractivity contribution in [3.05, 3.63) is 18.1 Å². The van der Waals surface area contributed by atoms with E-state index in [1.807, 2.05) is 26.2 Å². The number of hydrogen-bond donors (Lipinski definition) is 0. The first-order chi connectivity index (χ1) is 8.27. The fourth-order valence-corrected chi connectivity index (χ4v) is 1.59. The highest BCUT2D eigenvalue weighted by molar-refractivity contribution is 5.36. The van der Waals surface area contributed by atoms with Crippen LogP contribution >= 0.6 is 0 Å². The van der Waals surface area contributed by atoms with Gasteiger partial charge in [-0.25, -0.2) is 4.98 Å². The van der Waals surface area contributed by atoms with Crippen molar-refractivity contribution in [3.8, 4) is 0 Å². The Labute approximate surface area is 104 Å². The van der Waals surface area contributed by atoms with E-state index in [0.29, 0.717) is 5.92 Å². The molecule has 1 aliphatic rings. The van der Waals surface area contributed by atoms with Crippen molar-refractivity contribution >= 4 is 5.82 Å². The maximum Gasteiger partial charge on any atom is 0.147 e. The summed E-state index contributed by atoms with van der Waals surface area (Å²) in [5.74, 6) is 1.40. The van der Waals surface area contributed by atoms with E-state index in [-0.39, 0.29) is 0 Å². The van der Waals surface area contributed by atoms with Crippen LogP contribution in [0.5, 0.6) is 0 Å². The molecule has 0 bridgehead atoms.